The Bertz CT molecular complexity index is 1120. The first-order valence-electron chi connectivity index (χ1n) is 9.46. The van der Waals surface area contributed by atoms with E-state index in [0.717, 1.165) is 28.4 Å². The van der Waals surface area contributed by atoms with Gasteiger partial charge in [-0.3, -0.25) is 0 Å². The molecular weight excluding hydrogens is 376 g/mol. The molecule has 0 heterocycles. The first-order chi connectivity index (χ1) is 14.6. The molecule has 30 heavy (non-hydrogen) atoms. The number of ether oxygens (including phenoxy) is 3. The molecule has 0 saturated heterocycles. The zero-order valence-electron chi connectivity index (χ0n) is 16.5. The van der Waals surface area contributed by atoms with Gasteiger partial charge in [-0.15, -0.1) is 0 Å². The van der Waals surface area contributed by atoms with E-state index in [0.29, 0.717) is 22.9 Å². The van der Waals surface area contributed by atoms with Crippen molar-refractivity contribution < 1.29 is 14.2 Å². The first-order valence-corrected chi connectivity index (χ1v) is 9.46. The molecule has 5 nitrogen and oxygen atoms in total. The second-order valence-corrected chi connectivity index (χ2v) is 6.73. The second kappa shape index (κ2) is 8.49. The molecular formula is C25H22N2O3. The molecule has 0 aliphatic heterocycles. The van der Waals surface area contributed by atoms with Gasteiger partial charge < -0.3 is 25.7 Å². The molecule has 0 aliphatic carbocycles. The quantitative estimate of drug-likeness (QED) is 0.383. The van der Waals surface area contributed by atoms with Gasteiger partial charge in [0, 0.05) is 11.8 Å². The van der Waals surface area contributed by atoms with Gasteiger partial charge in [0.15, 0.2) is 0 Å². The summed E-state index contributed by atoms with van der Waals surface area (Å²) < 4.78 is 17.0. The van der Waals surface area contributed by atoms with Gasteiger partial charge in [0.05, 0.1) is 12.8 Å². The lowest BCUT2D eigenvalue weighted by Crippen LogP contribution is -1.93. The molecule has 0 fully saturated rings. The molecule has 5 heteroatoms. The van der Waals surface area contributed by atoms with Gasteiger partial charge in [0.2, 0.25) is 0 Å². The van der Waals surface area contributed by atoms with E-state index in [1.807, 2.05) is 78.9 Å². The maximum atomic E-state index is 5.90. The van der Waals surface area contributed by atoms with E-state index in [1.165, 1.54) is 0 Å². The fourth-order valence-electron chi connectivity index (χ4n) is 2.99. The molecule has 0 radical (unpaired) electrons. The number of nitrogen functional groups attached to an aromatic ring is 2. The largest absolute Gasteiger partial charge is 0.494 e. The van der Waals surface area contributed by atoms with Crippen LogP contribution in [0.4, 0.5) is 11.4 Å². The number of benzene rings is 4. The minimum absolute atomic E-state index is 0.573. The van der Waals surface area contributed by atoms with Crippen LogP contribution in [0.3, 0.4) is 0 Å². The highest BCUT2D eigenvalue weighted by Gasteiger charge is 2.05. The van der Waals surface area contributed by atoms with E-state index in [1.54, 1.807) is 19.2 Å². The monoisotopic (exact) mass is 398 g/mol. The van der Waals surface area contributed by atoms with E-state index in [9.17, 15) is 0 Å². The van der Waals surface area contributed by atoms with Crippen molar-refractivity contribution in [2.75, 3.05) is 18.6 Å². The highest BCUT2D eigenvalue weighted by Crippen LogP contribution is 2.31. The van der Waals surface area contributed by atoms with Crippen molar-refractivity contribution in [2.24, 2.45) is 0 Å². The maximum absolute atomic E-state index is 5.90. The Balaban J connectivity index is 1.44. The van der Waals surface area contributed by atoms with Crippen molar-refractivity contribution in [1.29, 1.82) is 0 Å². The van der Waals surface area contributed by atoms with Crippen molar-refractivity contribution in [3.63, 3.8) is 0 Å². The van der Waals surface area contributed by atoms with Crippen LogP contribution >= 0.6 is 0 Å². The fourth-order valence-corrected chi connectivity index (χ4v) is 2.99. The van der Waals surface area contributed by atoms with Crippen LogP contribution in [0.25, 0.3) is 11.1 Å². The zero-order valence-corrected chi connectivity index (χ0v) is 16.5. The Morgan fingerprint density at radius 1 is 0.533 bits per heavy atom. The summed E-state index contributed by atoms with van der Waals surface area (Å²) in [6.45, 7) is 0. The van der Waals surface area contributed by atoms with Crippen LogP contribution in [0, 0.1) is 0 Å². The summed E-state index contributed by atoms with van der Waals surface area (Å²) in [5, 5.41) is 0. The predicted octanol–water partition coefficient (Wildman–Crippen LogP) is 6.11. The number of hydrogen-bond acceptors (Lipinski definition) is 5. The lowest BCUT2D eigenvalue weighted by atomic mass is 10.1. The molecule has 4 aromatic rings. The number of nitrogens with two attached hydrogens (primary N) is 2. The smallest absolute Gasteiger partial charge is 0.145 e. The summed E-state index contributed by atoms with van der Waals surface area (Å²) in [6.07, 6.45) is 0. The van der Waals surface area contributed by atoms with Gasteiger partial charge in [-0.25, -0.2) is 0 Å². The minimum Gasteiger partial charge on any atom is -0.494 e. The maximum Gasteiger partial charge on any atom is 0.145 e. The van der Waals surface area contributed by atoms with E-state index in [-0.39, 0.29) is 0 Å². The molecule has 0 aromatic heterocycles. The van der Waals surface area contributed by atoms with E-state index >= 15 is 0 Å². The van der Waals surface area contributed by atoms with Crippen LogP contribution in [0.2, 0.25) is 0 Å². The average Bonchev–Trinajstić information content (AvgIpc) is 2.78. The summed E-state index contributed by atoms with van der Waals surface area (Å²) in [6, 6.07) is 28.5. The average molecular weight is 398 g/mol. The lowest BCUT2D eigenvalue weighted by Gasteiger charge is -2.10. The Hall–Kier alpha value is -4.12. The van der Waals surface area contributed by atoms with Crippen molar-refractivity contribution >= 4 is 11.4 Å². The Morgan fingerprint density at radius 2 is 0.967 bits per heavy atom. The van der Waals surface area contributed by atoms with Crippen LogP contribution in [0.5, 0.6) is 28.7 Å². The van der Waals surface area contributed by atoms with Crippen molar-refractivity contribution in [1.82, 2.24) is 0 Å². The van der Waals surface area contributed by atoms with Gasteiger partial charge in [0.1, 0.15) is 28.7 Å². The first kappa shape index (κ1) is 19.2. The number of anilines is 2. The molecule has 150 valence electrons. The molecule has 0 aliphatic rings. The molecule has 0 bridgehead atoms. The van der Waals surface area contributed by atoms with Gasteiger partial charge in [-0.2, -0.15) is 0 Å². The predicted molar refractivity (Wildman–Crippen MR) is 120 cm³/mol. The third kappa shape index (κ3) is 4.47. The highest BCUT2D eigenvalue weighted by atomic mass is 16.5. The normalized spacial score (nSPS) is 10.4. The SMILES string of the molecule is COc1cc(Oc2ccc(-c3ccc(Oc4ccc(N)cc4)cc3)cc2)ccc1N. The third-order valence-corrected chi connectivity index (χ3v) is 4.60. The van der Waals surface area contributed by atoms with Gasteiger partial charge >= 0.3 is 0 Å². The molecule has 0 unspecified atom stereocenters. The molecule has 0 amide bonds. The van der Waals surface area contributed by atoms with Crippen molar-refractivity contribution in [2.45, 2.75) is 0 Å². The minimum atomic E-state index is 0.573. The standard InChI is InChI=1S/C25H22N2O3/c1-28-25-16-23(14-15-24(25)27)30-21-10-4-18(5-11-21)17-2-8-20(9-3-17)29-22-12-6-19(26)7-13-22/h2-16H,26-27H2,1H3. The van der Waals surface area contributed by atoms with Crippen LogP contribution < -0.4 is 25.7 Å². The van der Waals surface area contributed by atoms with E-state index in [4.69, 9.17) is 25.7 Å². The number of methoxy groups -OCH3 is 1. The number of rotatable bonds is 6. The third-order valence-electron chi connectivity index (χ3n) is 4.60. The van der Waals surface area contributed by atoms with Gasteiger partial charge in [0.25, 0.3) is 0 Å². The van der Waals surface area contributed by atoms with Crippen LogP contribution in [-0.2, 0) is 0 Å². The van der Waals surface area contributed by atoms with Crippen molar-refractivity contribution in [3.8, 4) is 39.9 Å². The molecule has 4 N–H and O–H groups in total. The number of hydrogen-bond donors (Lipinski definition) is 2. The molecule has 4 rings (SSSR count). The van der Waals surface area contributed by atoms with Gasteiger partial charge in [-0.1, -0.05) is 24.3 Å². The summed E-state index contributed by atoms with van der Waals surface area (Å²) in [5.41, 5.74) is 15.0. The van der Waals surface area contributed by atoms with Crippen LogP contribution in [0.1, 0.15) is 0 Å². The molecule has 4 aromatic carbocycles. The molecule has 0 spiro atoms. The highest BCUT2D eigenvalue weighted by molar-refractivity contribution is 5.65. The summed E-state index contributed by atoms with van der Waals surface area (Å²) in [4.78, 5) is 0. The lowest BCUT2D eigenvalue weighted by molar-refractivity contribution is 0.411. The summed E-state index contributed by atoms with van der Waals surface area (Å²) >= 11 is 0. The Kier molecular flexibility index (Phi) is 5.44. The second-order valence-electron chi connectivity index (χ2n) is 6.73. The van der Waals surface area contributed by atoms with E-state index < -0.39 is 0 Å². The van der Waals surface area contributed by atoms with Crippen LogP contribution in [0.15, 0.2) is 91.0 Å². The summed E-state index contributed by atoms with van der Waals surface area (Å²) in [7, 11) is 1.58. The Labute approximate surface area is 175 Å². The molecule has 0 saturated carbocycles. The Morgan fingerprint density at radius 3 is 1.47 bits per heavy atom. The summed E-state index contributed by atoms with van der Waals surface area (Å²) in [5.74, 6) is 3.50. The fraction of sp³-hybridized carbons (Fsp3) is 0.0400. The van der Waals surface area contributed by atoms with Crippen molar-refractivity contribution in [3.05, 3.63) is 91.0 Å². The van der Waals surface area contributed by atoms with Gasteiger partial charge in [-0.05, 0) is 71.8 Å². The topological polar surface area (TPSA) is 79.7 Å². The van der Waals surface area contributed by atoms with E-state index in [2.05, 4.69) is 0 Å². The van der Waals surface area contributed by atoms with Crippen LogP contribution in [-0.4, -0.2) is 7.11 Å². The zero-order chi connectivity index (χ0) is 20.9. The molecule has 0 atom stereocenters.